The van der Waals surface area contributed by atoms with Gasteiger partial charge in [-0.25, -0.2) is 0 Å². The number of aliphatic hydroxyl groups excluding tert-OH is 1. The molecule has 0 saturated heterocycles. The molecule has 2 N–H and O–H groups in total. The summed E-state index contributed by atoms with van der Waals surface area (Å²) in [6.45, 7) is 0.148. The minimum absolute atomic E-state index is 0.0991. The number of carbonyl (C=O) groups excluding carboxylic acids is 2. The summed E-state index contributed by atoms with van der Waals surface area (Å²) in [4.78, 5) is 25.6. The van der Waals surface area contributed by atoms with E-state index in [0.717, 1.165) is 11.3 Å². The maximum atomic E-state index is 12.5. The van der Waals surface area contributed by atoms with Crippen LogP contribution in [0.25, 0.3) is 0 Å². The Morgan fingerprint density at radius 1 is 1.04 bits per heavy atom. The zero-order valence-electron chi connectivity index (χ0n) is 13.0. The number of hydrogen-bond acceptors (Lipinski definition) is 3. The third kappa shape index (κ3) is 4.40. The predicted octanol–water partition coefficient (Wildman–Crippen LogP) is 1.61. The fourth-order valence-corrected chi connectivity index (χ4v) is 2.29. The third-order valence-corrected chi connectivity index (χ3v) is 3.49. The van der Waals surface area contributed by atoms with E-state index in [1.807, 2.05) is 30.3 Å². The second-order valence-electron chi connectivity index (χ2n) is 5.06. The highest BCUT2D eigenvalue weighted by Gasteiger charge is 2.15. The molecule has 2 aromatic carbocycles. The largest absolute Gasteiger partial charge is 0.395 e. The van der Waals surface area contributed by atoms with E-state index in [-0.39, 0.29) is 31.4 Å². The van der Waals surface area contributed by atoms with Gasteiger partial charge in [0.25, 0.3) is 5.91 Å². The molecule has 0 spiro atoms. The van der Waals surface area contributed by atoms with Gasteiger partial charge in [0.2, 0.25) is 5.91 Å². The second-order valence-corrected chi connectivity index (χ2v) is 5.06. The van der Waals surface area contributed by atoms with Crippen molar-refractivity contribution in [1.82, 2.24) is 5.32 Å². The molecule has 0 aliphatic carbocycles. The average molecular weight is 312 g/mol. The zero-order chi connectivity index (χ0) is 16.7. The lowest BCUT2D eigenvalue weighted by Crippen LogP contribution is -2.34. The van der Waals surface area contributed by atoms with Crippen molar-refractivity contribution in [2.45, 2.75) is 6.42 Å². The number of benzene rings is 2. The highest BCUT2D eigenvalue weighted by Crippen LogP contribution is 2.15. The summed E-state index contributed by atoms with van der Waals surface area (Å²) in [6.07, 6.45) is 0.211. The topological polar surface area (TPSA) is 69.6 Å². The van der Waals surface area contributed by atoms with Gasteiger partial charge in [0.15, 0.2) is 0 Å². The molecule has 0 aromatic heterocycles. The van der Waals surface area contributed by atoms with Crippen LogP contribution in [0.5, 0.6) is 0 Å². The van der Waals surface area contributed by atoms with Gasteiger partial charge in [0.1, 0.15) is 0 Å². The Balaban J connectivity index is 2.11. The number of aliphatic hydroxyl groups is 1. The highest BCUT2D eigenvalue weighted by molar-refractivity contribution is 5.96. The van der Waals surface area contributed by atoms with Gasteiger partial charge in [-0.05, 0) is 29.8 Å². The number of nitrogens with one attached hydrogen (secondary N) is 1. The van der Waals surface area contributed by atoms with Crippen molar-refractivity contribution < 1.29 is 14.7 Å². The molecule has 0 saturated carbocycles. The monoisotopic (exact) mass is 312 g/mol. The fraction of sp³-hybridized carbons (Fsp3) is 0.222. The van der Waals surface area contributed by atoms with Gasteiger partial charge in [-0.3, -0.25) is 9.59 Å². The summed E-state index contributed by atoms with van der Waals surface area (Å²) in [7, 11) is 1.58. The van der Waals surface area contributed by atoms with Gasteiger partial charge in [-0.2, -0.15) is 0 Å². The van der Waals surface area contributed by atoms with Crippen molar-refractivity contribution >= 4 is 17.5 Å². The SMILES string of the molecule is CNC(=O)c1ccc(CC(=O)N(CCO)c2ccccc2)cc1. The Kier molecular flexibility index (Phi) is 5.88. The van der Waals surface area contributed by atoms with Crippen molar-refractivity contribution in [3.05, 3.63) is 65.7 Å². The summed E-state index contributed by atoms with van der Waals surface area (Å²) in [5.74, 6) is -0.257. The summed E-state index contributed by atoms with van der Waals surface area (Å²) in [5, 5.41) is 11.8. The molecule has 0 fully saturated rings. The smallest absolute Gasteiger partial charge is 0.251 e. The molecule has 2 rings (SSSR count). The van der Waals surface area contributed by atoms with Crippen LogP contribution in [0.4, 0.5) is 5.69 Å². The third-order valence-electron chi connectivity index (χ3n) is 3.49. The number of hydrogen-bond donors (Lipinski definition) is 2. The minimum atomic E-state index is -0.158. The summed E-state index contributed by atoms with van der Waals surface area (Å²) in [5.41, 5.74) is 2.13. The first-order valence-corrected chi connectivity index (χ1v) is 7.43. The molecule has 0 aliphatic rings. The normalized spacial score (nSPS) is 10.2. The van der Waals surface area contributed by atoms with E-state index in [4.69, 9.17) is 0 Å². The zero-order valence-corrected chi connectivity index (χ0v) is 13.0. The standard InChI is InChI=1S/C18H20N2O3/c1-19-18(23)15-9-7-14(8-10-15)13-17(22)20(11-12-21)16-5-3-2-4-6-16/h2-10,21H,11-13H2,1H3,(H,19,23). The van der Waals surface area contributed by atoms with Crippen LogP contribution in [0.2, 0.25) is 0 Å². The van der Waals surface area contributed by atoms with E-state index in [2.05, 4.69) is 5.32 Å². The molecule has 120 valence electrons. The lowest BCUT2D eigenvalue weighted by Gasteiger charge is -2.22. The number of amides is 2. The summed E-state index contributed by atoms with van der Waals surface area (Å²) >= 11 is 0. The first-order valence-electron chi connectivity index (χ1n) is 7.43. The van der Waals surface area contributed by atoms with E-state index in [1.54, 1.807) is 36.2 Å². The van der Waals surface area contributed by atoms with E-state index in [9.17, 15) is 14.7 Å². The minimum Gasteiger partial charge on any atom is -0.395 e. The van der Waals surface area contributed by atoms with Crippen LogP contribution in [0.3, 0.4) is 0 Å². The van der Waals surface area contributed by atoms with Gasteiger partial charge in [0.05, 0.1) is 13.0 Å². The number of anilines is 1. The first kappa shape index (κ1) is 16.7. The molecule has 0 heterocycles. The van der Waals surface area contributed by atoms with Crippen molar-refractivity contribution in [3.63, 3.8) is 0 Å². The first-order chi connectivity index (χ1) is 11.2. The van der Waals surface area contributed by atoms with E-state index in [0.29, 0.717) is 5.56 Å². The van der Waals surface area contributed by atoms with Gasteiger partial charge < -0.3 is 15.3 Å². The summed E-state index contributed by atoms with van der Waals surface area (Å²) < 4.78 is 0. The molecule has 0 aliphatic heterocycles. The molecule has 2 amide bonds. The van der Waals surface area contributed by atoms with Crippen molar-refractivity contribution in [2.24, 2.45) is 0 Å². The predicted molar refractivity (Wildman–Crippen MR) is 89.4 cm³/mol. The second kappa shape index (κ2) is 8.10. The Labute approximate surface area is 135 Å². The van der Waals surface area contributed by atoms with Crippen LogP contribution >= 0.6 is 0 Å². The van der Waals surface area contributed by atoms with Crippen LogP contribution < -0.4 is 10.2 Å². The molecular weight excluding hydrogens is 292 g/mol. The van der Waals surface area contributed by atoms with E-state index in [1.165, 1.54) is 0 Å². The van der Waals surface area contributed by atoms with Crippen LogP contribution in [0.15, 0.2) is 54.6 Å². The molecule has 0 bridgehead atoms. The van der Waals surface area contributed by atoms with Gasteiger partial charge in [-0.1, -0.05) is 30.3 Å². The van der Waals surface area contributed by atoms with E-state index < -0.39 is 0 Å². The quantitative estimate of drug-likeness (QED) is 0.851. The van der Waals surface area contributed by atoms with Crippen molar-refractivity contribution in [1.29, 1.82) is 0 Å². The van der Waals surface area contributed by atoms with Crippen LogP contribution in [-0.4, -0.2) is 37.1 Å². The van der Waals surface area contributed by atoms with Gasteiger partial charge >= 0.3 is 0 Å². The lowest BCUT2D eigenvalue weighted by atomic mass is 10.1. The van der Waals surface area contributed by atoms with Gasteiger partial charge in [-0.15, -0.1) is 0 Å². The molecule has 5 nitrogen and oxygen atoms in total. The average Bonchev–Trinajstić information content (AvgIpc) is 2.60. The molecule has 2 aromatic rings. The highest BCUT2D eigenvalue weighted by atomic mass is 16.3. The molecule has 23 heavy (non-hydrogen) atoms. The van der Waals surface area contributed by atoms with Crippen LogP contribution in [0, 0.1) is 0 Å². The number of carbonyl (C=O) groups is 2. The molecule has 0 radical (unpaired) electrons. The van der Waals surface area contributed by atoms with E-state index >= 15 is 0 Å². The summed E-state index contributed by atoms with van der Waals surface area (Å²) in [6, 6.07) is 16.2. The van der Waals surface area contributed by atoms with Crippen LogP contribution in [-0.2, 0) is 11.2 Å². The maximum Gasteiger partial charge on any atom is 0.251 e. The Bertz CT molecular complexity index is 654. The van der Waals surface area contributed by atoms with Gasteiger partial charge in [0, 0.05) is 24.8 Å². The number of para-hydroxylation sites is 1. The molecule has 0 unspecified atom stereocenters. The lowest BCUT2D eigenvalue weighted by molar-refractivity contribution is -0.118. The Morgan fingerprint density at radius 2 is 1.70 bits per heavy atom. The molecule has 0 atom stereocenters. The Hall–Kier alpha value is -2.66. The Morgan fingerprint density at radius 3 is 2.26 bits per heavy atom. The van der Waals surface area contributed by atoms with Crippen molar-refractivity contribution in [3.8, 4) is 0 Å². The van der Waals surface area contributed by atoms with Crippen molar-refractivity contribution in [2.75, 3.05) is 25.1 Å². The molecule has 5 heteroatoms. The number of nitrogens with zero attached hydrogens (tertiary/aromatic N) is 1. The van der Waals surface area contributed by atoms with Crippen LogP contribution in [0.1, 0.15) is 15.9 Å². The fourth-order valence-electron chi connectivity index (χ4n) is 2.29. The number of rotatable bonds is 6. The molecular formula is C18H20N2O3. The maximum absolute atomic E-state index is 12.5.